The van der Waals surface area contributed by atoms with E-state index in [4.69, 9.17) is 4.74 Å². The number of nitrogens with zero attached hydrogens (tertiary/aromatic N) is 1. The van der Waals surface area contributed by atoms with E-state index < -0.39 is 29.5 Å². The predicted octanol–water partition coefficient (Wildman–Crippen LogP) is 1.61. The molecule has 2 fully saturated rings. The van der Waals surface area contributed by atoms with Gasteiger partial charge in [0.25, 0.3) is 0 Å². The Kier molecular flexibility index (Phi) is 2.72. The van der Waals surface area contributed by atoms with Crippen molar-refractivity contribution < 1.29 is 19.4 Å². The lowest BCUT2D eigenvalue weighted by Gasteiger charge is -2.27. The maximum absolute atomic E-state index is 12.8. The summed E-state index contributed by atoms with van der Waals surface area (Å²) < 4.78 is 5.89. The van der Waals surface area contributed by atoms with Crippen LogP contribution in [-0.4, -0.2) is 40.1 Å². The van der Waals surface area contributed by atoms with Crippen LogP contribution in [0.2, 0.25) is 0 Å². The third kappa shape index (κ3) is 1.63. The molecule has 1 N–H and O–H groups in total. The van der Waals surface area contributed by atoms with Crippen molar-refractivity contribution in [2.75, 3.05) is 6.54 Å². The van der Waals surface area contributed by atoms with Crippen molar-refractivity contribution in [3.05, 3.63) is 48.0 Å². The molecule has 5 heteroatoms. The molecule has 5 atom stereocenters. The Bertz CT molecular complexity index is 670. The first-order valence-electron chi connectivity index (χ1n) is 7.49. The molecule has 3 heterocycles. The standard InChI is InChI=1S/C17H17NO4/c1-10(11-5-3-2-4-6-11)18-9-17-8-7-12(22-17)13(16(20)21)14(17)15(18)19/h2-8,10,12-14H,9H2,1H3,(H,20,21)/t10-,12-,13-,14+,17-/m1/s1. The van der Waals surface area contributed by atoms with Gasteiger partial charge in [0.2, 0.25) is 5.91 Å². The Morgan fingerprint density at radius 2 is 2.14 bits per heavy atom. The van der Waals surface area contributed by atoms with Crippen molar-refractivity contribution in [3.63, 3.8) is 0 Å². The van der Waals surface area contributed by atoms with Gasteiger partial charge in [-0.05, 0) is 12.5 Å². The zero-order chi connectivity index (χ0) is 15.5. The van der Waals surface area contributed by atoms with Gasteiger partial charge in [0.05, 0.1) is 24.6 Å². The van der Waals surface area contributed by atoms with Gasteiger partial charge >= 0.3 is 5.97 Å². The first-order valence-corrected chi connectivity index (χ1v) is 7.49. The number of amides is 1. The lowest BCUT2D eigenvalue weighted by Crippen LogP contribution is -2.39. The van der Waals surface area contributed by atoms with E-state index in [1.807, 2.05) is 43.3 Å². The molecule has 0 saturated carbocycles. The normalized spacial score (nSPS) is 36.7. The number of carbonyl (C=O) groups is 2. The second-order valence-corrected chi connectivity index (χ2v) is 6.29. The second-order valence-electron chi connectivity index (χ2n) is 6.29. The summed E-state index contributed by atoms with van der Waals surface area (Å²) in [5.41, 5.74) is 0.283. The van der Waals surface area contributed by atoms with Gasteiger partial charge in [-0.3, -0.25) is 9.59 Å². The summed E-state index contributed by atoms with van der Waals surface area (Å²) in [4.78, 5) is 26.1. The number of aliphatic carboxylic acids is 1. The highest BCUT2D eigenvalue weighted by molar-refractivity contribution is 5.91. The number of carbonyl (C=O) groups excluding carboxylic acids is 1. The van der Waals surface area contributed by atoms with Crippen molar-refractivity contribution in [3.8, 4) is 0 Å². The van der Waals surface area contributed by atoms with E-state index in [1.54, 1.807) is 11.0 Å². The molecule has 3 aliphatic rings. The van der Waals surface area contributed by atoms with Crippen LogP contribution in [-0.2, 0) is 14.3 Å². The summed E-state index contributed by atoms with van der Waals surface area (Å²) in [7, 11) is 0. The van der Waals surface area contributed by atoms with E-state index in [1.165, 1.54) is 0 Å². The van der Waals surface area contributed by atoms with Crippen LogP contribution in [0.5, 0.6) is 0 Å². The lowest BCUT2D eigenvalue weighted by molar-refractivity contribution is -0.148. The highest BCUT2D eigenvalue weighted by Gasteiger charge is 2.67. The molecule has 2 bridgehead atoms. The van der Waals surface area contributed by atoms with Crippen molar-refractivity contribution in [1.29, 1.82) is 0 Å². The fourth-order valence-corrected chi connectivity index (χ4v) is 4.05. The van der Waals surface area contributed by atoms with Crippen LogP contribution in [0.25, 0.3) is 0 Å². The number of hydrogen-bond acceptors (Lipinski definition) is 3. The van der Waals surface area contributed by atoms with E-state index in [9.17, 15) is 14.7 Å². The highest BCUT2D eigenvalue weighted by Crippen LogP contribution is 2.53. The Morgan fingerprint density at radius 3 is 2.82 bits per heavy atom. The van der Waals surface area contributed by atoms with Crippen molar-refractivity contribution in [1.82, 2.24) is 4.90 Å². The van der Waals surface area contributed by atoms with Crippen LogP contribution < -0.4 is 0 Å². The van der Waals surface area contributed by atoms with Gasteiger partial charge < -0.3 is 14.7 Å². The van der Waals surface area contributed by atoms with Gasteiger partial charge in [0.1, 0.15) is 11.5 Å². The number of fused-ring (bicyclic) bond motifs is 1. The van der Waals surface area contributed by atoms with Crippen LogP contribution >= 0.6 is 0 Å². The van der Waals surface area contributed by atoms with E-state index in [0.29, 0.717) is 6.54 Å². The minimum Gasteiger partial charge on any atom is -0.481 e. The van der Waals surface area contributed by atoms with Crippen LogP contribution in [0.15, 0.2) is 42.5 Å². The summed E-state index contributed by atoms with van der Waals surface area (Å²) >= 11 is 0. The second kappa shape index (κ2) is 4.43. The largest absolute Gasteiger partial charge is 0.481 e. The van der Waals surface area contributed by atoms with Gasteiger partial charge in [-0.25, -0.2) is 0 Å². The van der Waals surface area contributed by atoms with Crippen molar-refractivity contribution in [2.45, 2.75) is 24.7 Å². The third-order valence-electron chi connectivity index (χ3n) is 5.16. The molecule has 0 aliphatic carbocycles. The molecule has 3 aliphatic heterocycles. The predicted molar refractivity (Wildman–Crippen MR) is 77.9 cm³/mol. The van der Waals surface area contributed by atoms with Crippen molar-refractivity contribution in [2.24, 2.45) is 11.8 Å². The smallest absolute Gasteiger partial charge is 0.310 e. The molecule has 22 heavy (non-hydrogen) atoms. The molecule has 1 aromatic rings. The molecule has 5 nitrogen and oxygen atoms in total. The summed E-state index contributed by atoms with van der Waals surface area (Å²) in [6.45, 7) is 2.39. The first kappa shape index (κ1) is 13.5. The molecular formula is C17H17NO4. The maximum Gasteiger partial charge on any atom is 0.310 e. The van der Waals surface area contributed by atoms with Crippen molar-refractivity contribution >= 4 is 11.9 Å². The third-order valence-corrected chi connectivity index (χ3v) is 5.16. The summed E-state index contributed by atoms with van der Waals surface area (Å²) in [6.07, 6.45) is 3.21. The first-order chi connectivity index (χ1) is 10.5. The highest BCUT2D eigenvalue weighted by atomic mass is 16.5. The van der Waals surface area contributed by atoms with Gasteiger partial charge in [0.15, 0.2) is 0 Å². The fraction of sp³-hybridized carbons (Fsp3) is 0.412. The van der Waals surface area contributed by atoms with E-state index in [2.05, 4.69) is 0 Å². The Labute approximate surface area is 128 Å². The number of carboxylic acid groups (broad SMARTS) is 1. The molecule has 2 saturated heterocycles. The van der Waals surface area contributed by atoms with Crippen LogP contribution in [0.1, 0.15) is 18.5 Å². The Hall–Kier alpha value is -2.14. The molecule has 0 radical (unpaired) electrons. The molecule has 1 spiro atoms. The SMILES string of the molecule is C[C@H](c1ccccc1)N1C[C@@]23C=C[C@@H](O2)[C@@H](C(=O)O)[C@H]3C1=O. The Morgan fingerprint density at radius 1 is 1.41 bits per heavy atom. The van der Waals surface area contributed by atoms with Gasteiger partial charge in [-0.2, -0.15) is 0 Å². The Balaban J connectivity index is 1.68. The molecule has 114 valence electrons. The number of carboxylic acids is 1. The zero-order valence-electron chi connectivity index (χ0n) is 12.2. The minimum atomic E-state index is -0.955. The average molecular weight is 299 g/mol. The van der Waals surface area contributed by atoms with E-state index in [0.717, 1.165) is 5.56 Å². The summed E-state index contributed by atoms with van der Waals surface area (Å²) in [5.74, 6) is -2.45. The molecule has 0 unspecified atom stereocenters. The maximum atomic E-state index is 12.8. The monoisotopic (exact) mass is 299 g/mol. The zero-order valence-corrected chi connectivity index (χ0v) is 12.2. The molecule has 1 aromatic carbocycles. The molecule has 4 rings (SSSR count). The van der Waals surface area contributed by atoms with Crippen LogP contribution in [0, 0.1) is 11.8 Å². The van der Waals surface area contributed by atoms with Crippen LogP contribution in [0.3, 0.4) is 0 Å². The number of ether oxygens (including phenoxy) is 1. The topological polar surface area (TPSA) is 66.8 Å². The van der Waals surface area contributed by atoms with E-state index in [-0.39, 0.29) is 11.9 Å². The fourth-order valence-electron chi connectivity index (χ4n) is 4.05. The lowest BCUT2D eigenvalue weighted by atomic mass is 9.77. The van der Waals surface area contributed by atoms with Gasteiger partial charge in [0, 0.05) is 0 Å². The number of rotatable bonds is 3. The number of hydrogen-bond donors (Lipinski definition) is 1. The van der Waals surface area contributed by atoms with E-state index >= 15 is 0 Å². The van der Waals surface area contributed by atoms with Gasteiger partial charge in [-0.1, -0.05) is 42.5 Å². The number of likely N-dealkylation sites (tertiary alicyclic amines) is 1. The molecule has 0 aromatic heterocycles. The molecular weight excluding hydrogens is 282 g/mol. The summed E-state index contributed by atoms with van der Waals surface area (Å²) in [5, 5.41) is 9.45. The minimum absolute atomic E-state index is 0.0980. The molecule has 1 amide bonds. The summed E-state index contributed by atoms with van der Waals surface area (Å²) in [6, 6.07) is 9.67. The van der Waals surface area contributed by atoms with Gasteiger partial charge in [-0.15, -0.1) is 0 Å². The quantitative estimate of drug-likeness (QED) is 0.861. The van der Waals surface area contributed by atoms with Crippen LogP contribution in [0.4, 0.5) is 0 Å². The average Bonchev–Trinajstić information content (AvgIpc) is 3.15. The number of benzene rings is 1.